The van der Waals surface area contributed by atoms with Gasteiger partial charge in [0.1, 0.15) is 0 Å². The maximum Gasteiger partial charge on any atom is 0.251 e. The molecule has 3 nitrogen and oxygen atoms in total. The van der Waals surface area contributed by atoms with Crippen LogP contribution in [0.4, 0.5) is 5.69 Å². The summed E-state index contributed by atoms with van der Waals surface area (Å²) in [4.78, 5) is 20.1. The molecule has 0 unspecified atom stereocenters. The summed E-state index contributed by atoms with van der Waals surface area (Å²) in [5.41, 5.74) is 4.99. The first kappa shape index (κ1) is 19.3. The number of carbonyl (C=O) groups excluding carboxylic acids is 1. The Morgan fingerprint density at radius 1 is 1.07 bits per heavy atom. The number of nitrogens with one attached hydrogen (secondary N) is 1. The number of hydrogen-bond acceptors (Lipinski definition) is 3. The molecule has 0 spiro atoms. The first-order chi connectivity index (χ1) is 13.4. The van der Waals surface area contributed by atoms with Crippen molar-refractivity contribution >= 4 is 29.1 Å². The number of amides is 1. The molecule has 2 aromatic carbocycles. The van der Waals surface area contributed by atoms with Crippen LogP contribution in [0.15, 0.2) is 51.2 Å². The number of fused-ring (bicyclic) bond motifs is 2. The molecule has 1 N–H and O–H groups in total. The highest BCUT2D eigenvalue weighted by atomic mass is 32.2. The molecular weight excluding hydrogens is 364 g/mol. The molecular formula is C24H28N2OS. The van der Waals surface area contributed by atoms with Gasteiger partial charge in [-0.15, -0.1) is 0 Å². The maximum absolute atomic E-state index is 12.9. The van der Waals surface area contributed by atoms with Crippen LogP contribution in [0.1, 0.15) is 61.5 Å². The predicted molar refractivity (Wildman–Crippen MR) is 117 cm³/mol. The Bertz CT molecular complexity index is 950. The molecule has 1 aliphatic heterocycles. The molecule has 0 bridgehead atoms. The second-order valence-corrected chi connectivity index (χ2v) is 9.41. The van der Waals surface area contributed by atoms with E-state index < -0.39 is 0 Å². The van der Waals surface area contributed by atoms with Crippen LogP contribution in [0, 0.1) is 18.8 Å². The van der Waals surface area contributed by atoms with E-state index in [-0.39, 0.29) is 11.9 Å². The van der Waals surface area contributed by atoms with Gasteiger partial charge in [0.25, 0.3) is 5.91 Å². The second kappa shape index (κ2) is 7.75. The largest absolute Gasteiger partial charge is 0.349 e. The van der Waals surface area contributed by atoms with Crippen LogP contribution >= 0.6 is 11.8 Å². The summed E-state index contributed by atoms with van der Waals surface area (Å²) in [5.74, 6) is 1.20. The van der Waals surface area contributed by atoms with E-state index in [2.05, 4.69) is 44.3 Å². The molecule has 146 valence electrons. The van der Waals surface area contributed by atoms with Gasteiger partial charge in [-0.2, -0.15) is 0 Å². The fraction of sp³-hybridized carbons (Fsp3) is 0.417. The summed E-state index contributed by atoms with van der Waals surface area (Å²) < 4.78 is 0. The first-order valence-electron chi connectivity index (χ1n) is 10.2. The number of hydrogen-bond donors (Lipinski definition) is 1. The summed E-state index contributed by atoms with van der Waals surface area (Å²) in [5, 5.41) is 3.28. The summed E-state index contributed by atoms with van der Waals surface area (Å²) >= 11 is 1.73. The average molecular weight is 393 g/mol. The topological polar surface area (TPSA) is 41.5 Å². The summed E-state index contributed by atoms with van der Waals surface area (Å²) in [6.07, 6.45) is 3.53. The van der Waals surface area contributed by atoms with E-state index in [1.165, 1.54) is 28.9 Å². The van der Waals surface area contributed by atoms with Gasteiger partial charge in [-0.3, -0.25) is 9.79 Å². The summed E-state index contributed by atoms with van der Waals surface area (Å²) in [7, 11) is 0. The summed E-state index contributed by atoms with van der Waals surface area (Å²) in [6, 6.07) is 12.7. The van der Waals surface area contributed by atoms with Crippen molar-refractivity contribution in [1.82, 2.24) is 5.32 Å². The molecule has 0 aromatic heterocycles. The van der Waals surface area contributed by atoms with Crippen molar-refractivity contribution in [3.05, 3.63) is 53.1 Å². The fourth-order valence-corrected chi connectivity index (χ4v) is 5.28. The zero-order chi connectivity index (χ0) is 19.8. The minimum atomic E-state index is 0.0178. The van der Waals surface area contributed by atoms with Gasteiger partial charge in [0.05, 0.1) is 5.69 Å². The van der Waals surface area contributed by atoms with Gasteiger partial charge in [-0.1, -0.05) is 50.1 Å². The van der Waals surface area contributed by atoms with Gasteiger partial charge < -0.3 is 5.32 Å². The van der Waals surface area contributed by atoms with Crippen LogP contribution in [0.2, 0.25) is 0 Å². The van der Waals surface area contributed by atoms with Crippen molar-refractivity contribution < 1.29 is 4.79 Å². The number of aliphatic imine (C=N–C) groups is 1. The Kier molecular flexibility index (Phi) is 5.33. The Hall–Kier alpha value is -2.07. The van der Waals surface area contributed by atoms with Crippen LogP contribution in [0.25, 0.3) is 0 Å². The van der Waals surface area contributed by atoms with E-state index in [1.54, 1.807) is 11.8 Å². The normalized spacial score (nSPS) is 23.9. The lowest BCUT2D eigenvalue weighted by molar-refractivity contribution is 0.0891. The zero-order valence-electron chi connectivity index (χ0n) is 17.1. The van der Waals surface area contributed by atoms with E-state index in [0.29, 0.717) is 17.4 Å². The quantitative estimate of drug-likeness (QED) is 0.665. The fourth-order valence-electron chi connectivity index (χ4n) is 4.24. The van der Waals surface area contributed by atoms with Crippen LogP contribution in [-0.4, -0.2) is 17.7 Å². The lowest BCUT2D eigenvalue weighted by Crippen LogP contribution is -2.43. The Morgan fingerprint density at radius 2 is 1.86 bits per heavy atom. The Labute approximate surface area is 172 Å². The highest BCUT2D eigenvalue weighted by Gasteiger charge is 2.28. The number of rotatable bonds is 2. The molecule has 1 fully saturated rings. The molecule has 1 aliphatic carbocycles. The molecule has 0 radical (unpaired) electrons. The van der Waals surface area contributed by atoms with Gasteiger partial charge >= 0.3 is 0 Å². The Balaban J connectivity index is 1.60. The lowest BCUT2D eigenvalue weighted by atomic mass is 9.78. The molecule has 2 aromatic rings. The van der Waals surface area contributed by atoms with Crippen molar-refractivity contribution in [2.45, 2.75) is 62.8 Å². The van der Waals surface area contributed by atoms with Crippen LogP contribution in [-0.2, 0) is 0 Å². The summed E-state index contributed by atoms with van der Waals surface area (Å²) in [6.45, 7) is 8.70. The van der Waals surface area contributed by atoms with Gasteiger partial charge in [-0.25, -0.2) is 0 Å². The number of aryl methyl sites for hydroxylation is 1. The number of benzene rings is 2. The van der Waals surface area contributed by atoms with Crippen LogP contribution in [0.3, 0.4) is 0 Å². The second-order valence-electron chi connectivity index (χ2n) is 8.33. The third-order valence-electron chi connectivity index (χ3n) is 6.28. The highest BCUT2D eigenvalue weighted by Crippen LogP contribution is 2.41. The van der Waals surface area contributed by atoms with Crippen LogP contribution < -0.4 is 5.32 Å². The van der Waals surface area contributed by atoms with Gasteiger partial charge in [-0.05, 0) is 62.4 Å². The standard InChI is InChI=1S/C24H28N2OS/c1-14-8-10-22-19(12-14)17(4)25-21-13-18(9-11-23(21)28-22)24(27)26-20-7-5-6-15(2)16(20)3/h8-13,15-16,20H,5-7H2,1-4H3,(H,26,27)/t15-,16-,20-/m1/s1. The predicted octanol–water partition coefficient (Wildman–Crippen LogP) is 6.15. The van der Waals surface area contributed by atoms with E-state index >= 15 is 0 Å². The average Bonchev–Trinajstić information content (AvgIpc) is 2.80. The van der Waals surface area contributed by atoms with Gasteiger partial charge in [0, 0.05) is 32.7 Å². The minimum Gasteiger partial charge on any atom is -0.349 e. The van der Waals surface area contributed by atoms with Crippen LogP contribution in [0.5, 0.6) is 0 Å². The van der Waals surface area contributed by atoms with Crippen molar-refractivity contribution in [1.29, 1.82) is 0 Å². The molecule has 1 heterocycles. The first-order valence-corrected chi connectivity index (χ1v) is 11.0. The van der Waals surface area contributed by atoms with Gasteiger partial charge in [0.15, 0.2) is 0 Å². The van der Waals surface area contributed by atoms with Crippen molar-refractivity contribution in [2.24, 2.45) is 16.8 Å². The smallest absolute Gasteiger partial charge is 0.251 e. The molecule has 28 heavy (non-hydrogen) atoms. The van der Waals surface area contributed by atoms with Crippen molar-refractivity contribution in [3.8, 4) is 0 Å². The maximum atomic E-state index is 12.9. The number of carbonyl (C=O) groups is 1. The van der Waals surface area contributed by atoms with Crippen molar-refractivity contribution in [3.63, 3.8) is 0 Å². The minimum absolute atomic E-state index is 0.0178. The third kappa shape index (κ3) is 3.75. The van der Waals surface area contributed by atoms with E-state index in [0.717, 1.165) is 22.7 Å². The molecule has 0 saturated heterocycles. The number of nitrogens with zero attached hydrogens (tertiary/aromatic N) is 1. The lowest BCUT2D eigenvalue weighted by Gasteiger charge is -2.34. The van der Waals surface area contributed by atoms with E-state index in [1.807, 2.05) is 25.1 Å². The van der Waals surface area contributed by atoms with E-state index in [9.17, 15) is 4.79 Å². The zero-order valence-corrected chi connectivity index (χ0v) is 17.9. The third-order valence-corrected chi connectivity index (χ3v) is 7.42. The van der Waals surface area contributed by atoms with Gasteiger partial charge in [0.2, 0.25) is 0 Å². The molecule has 4 rings (SSSR count). The highest BCUT2D eigenvalue weighted by molar-refractivity contribution is 7.99. The molecule has 2 aliphatic rings. The Morgan fingerprint density at radius 3 is 2.68 bits per heavy atom. The SMILES string of the molecule is CC1=Nc2cc(C(=O)N[C@@H]3CCC[C@@H](C)[C@H]3C)ccc2Sc2ccc(C)cc21. The van der Waals surface area contributed by atoms with Crippen molar-refractivity contribution in [2.75, 3.05) is 0 Å². The molecule has 3 atom stereocenters. The molecule has 4 heteroatoms. The molecule has 1 saturated carbocycles. The van der Waals surface area contributed by atoms with E-state index in [4.69, 9.17) is 4.99 Å². The molecule has 1 amide bonds. The monoisotopic (exact) mass is 392 g/mol.